The van der Waals surface area contributed by atoms with Crippen molar-refractivity contribution in [1.29, 1.82) is 0 Å². The van der Waals surface area contributed by atoms with Crippen LogP contribution in [0.2, 0.25) is 0 Å². The highest BCUT2D eigenvalue weighted by Crippen LogP contribution is 2.40. The van der Waals surface area contributed by atoms with Crippen LogP contribution in [0, 0.1) is 25.7 Å². The SMILES string of the molecule is CCCN1C(=O)C2CCC(C(=O)NC(C)C)CC2N2C(=O)N(CC(=O)Nc3ccc(C)cc3C)NC12. The fourth-order valence-electron chi connectivity index (χ4n) is 5.63. The summed E-state index contributed by atoms with van der Waals surface area (Å²) in [5, 5.41) is 7.14. The van der Waals surface area contributed by atoms with Gasteiger partial charge in [-0.3, -0.25) is 19.3 Å². The van der Waals surface area contributed by atoms with Gasteiger partial charge < -0.3 is 15.5 Å². The van der Waals surface area contributed by atoms with Crippen LogP contribution in [-0.4, -0.2) is 70.0 Å². The smallest absolute Gasteiger partial charge is 0.337 e. The summed E-state index contributed by atoms with van der Waals surface area (Å²) in [6, 6.07) is 5.05. The lowest BCUT2D eigenvalue weighted by Crippen LogP contribution is -2.67. The zero-order valence-electron chi connectivity index (χ0n) is 21.8. The molecule has 1 aromatic rings. The van der Waals surface area contributed by atoms with Crippen LogP contribution >= 0.6 is 0 Å². The summed E-state index contributed by atoms with van der Waals surface area (Å²) < 4.78 is 0. The van der Waals surface area contributed by atoms with E-state index in [4.69, 9.17) is 0 Å². The number of amides is 5. The normalized spacial score (nSPS) is 25.7. The van der Waals surface area contributed by atoms with Crippen molar-refractivity contribution < 1.29 is 19.2 Å². The number of anilines is 1. The molecule has 196 valence electrons. The molecule has 1 aliphatic carbocycles. The van der Waals surface area contributed by atoms with Gasteiger partial charge in [0, 0.05) is 30.2 Å². The molecule has 0 radical (unpaired) electrons. The van der Waals surface area contributed by atoms with Crippen molar-refractivity contribution in [1.82, 2.24) is 25.6 Å². The summed E-state index contributed by atoms with van der Waals surface area (Å²) in [5.74, 6) is -0.953. The maximum Gasteiger partial charge on any atom is 0.337 e. The van der Waals surface area contributed by atoms with Crippen LogP contribution in [0.4, 0.5) is 10.5 Å². The Bertz CT molecular complexity index is 1040. The third kappa shape index (κ3) is 5.04. The molecule has 4 unspecified atom stereocenters. The van der Waals surface area contributed by atoms with E-state index < -0.39 is 6.29 Å². The van der Waals surface area contributed by atoms with E-state index in [9.17, 15) is 19.2 Å². The number of rotatable bonds is 7. The van der Waals surface area contributed by atoms with Gasteiger partial charge >= 0.3 is 6.03 Å². The summed E-state index contributed by atoms with van der Waals surface area (Å²) in [6.07, 6.45) is 1.70. The molecule has 4 rings (SSSR count). The second kappa shape index (κ2) is 10.5. The lowest BCUT2D eigenvalue weighted by atomic mass is 9.75. The van der Waals surface area contributed by atoms with Gasteiger partial charge in [-0.05, 0) is 65.0 Å². The van der Waals surface area contributed by atoms with Crippen molar-refractivity contribution in [3.63, 3.8) is 0 Å². The molecule has 1 saturated carbocycles. The number of urea groups is 1. The maximum atomic E-state index is 13.6. The van der Waals surface area contributed by atoms with Gasteiger partial charge in [0.1, 0.15) is 6.54 Å². The fourth-order valence-corrected chi connectivity index (χ4v) is 5.63. The first-order valence-electron chi connectivity index (χ1n) is 12.9. The van der Waals surface area contributed by atoms with E-state index in [-0.39, 0.29) is 54.2 Å². The summed E-state index contributed by atoms with van der Waals surface area (Å²) in [7, 11) is 0. The molecule has 0 bridgehead atoms. The molecular weight excluding hydrogens is 460 g/mol. The molecule has 10 nitrogen and oxygen atoms in total. The number of fused-ring (bicyclic) bond motifs is 3. The van der Waals surface area contributed by atoms with Crippen LogP contribution in [0.1, 0.15) is 57.6 Å². The number of hydrogen-bond acceptors (Lipinski definition) is 5. The zero-order chi connectivity index (χ0) is 26.1. The first kappa shape index (κ1) is 25.9. The number of hydrazine groups is 1. The van der Waals surface area contributed by atoms with Crippen LogP contribution in [-0.2, 0) is 14.4 Å². The number of nitrogens with zero attached hydrogens (tertiary/aromatic N) is 3. The Kier molecular flexibility index (Phi) is 7.54. The van der Waals surface area contributed by atoms with Gasteiger partial charge in [0.15, 0.2) is 6.29 Å². The van der Waals surface area contributed by atoms with E-state index in [0.717, 1.165) is 17.5 Å². The van der Waals surface area contributed by atoms with Crippen molar-refractivity contribution in [3.8, 4) is 0 Å². The molecule has 3 N–H and O–H groups in total. The van der Waals surface area contributed by atoms with Crippen molar-refractivity contribution >= 4 is 29.4 Å². The minimum absolute atomic E-state index is 0.00713. The largest absolute Gasteiger partial charge is 0.354 e. The van der Waals surface area contributed by atoms with Crippen molar-refractivity contribution in [2.45, 2.75) is 78.7 Å². The lowest BCUT2D eigenvalue weighted by Gasteiger charge is -2.49. The molecule has 2 saturated heterocycles. The molecule has 2 heterocycles. The Morgan fingerprint density at radius 2 is 1.92 bits per heavy atom. The van der Waals surface area contributed by atoms with Gasteiger partial charge in [-0.2, -0.15) is 5.43 Å². The molecule has 36 heavy (non-hydrogen) atoms. The lowest BCUT2D eigenvalue weighted by molar-refractivity contribution is -0.158. The highest BCUT2D eigenvalue weighted by atomic mass is 16.2. The Balaban J connectivity index is 1.52. The van der Waals surface area contributed by atoms with Crippen LogP contribution < -0.4 is 16.1 Å². The van der Waals surface area contributed by atoms with Gasteiger partial charge in [-0.25, -0.2) is 9.80 Å². The Morgan fingerprint density at radius 3 is 2.58 bits per heavy atom. The van der Waals surface area contributed by atoms with Crippen LogP contribution in [0.3, 0.4) is 0 Å². The van der Waals surface area contributed by atoms with Crippen LogP contribution in [0.25, 0.3) is 0 Å². The highest BCUT2D eigenvalue weighted by molar-refractivity contribution is 5.95. The van der Waals surface area contributed by atoms with E-state index in [1.54, 1.807) is 9.80 Å². The van der Waals surface area contributed by atoms with Crippen molar-refractivity contribution in [2.75, 3.05) is 18.4 Å². The molecule has 3 aliphatic rings. The summed E-state index contributed by atoms with van der Waals surface area (Å²) in [4.78, 5) is 56.0. The Hall–Kier alpha value is -3.14. The molecule has 10 heteroatoms. The number of benzene rings is 1. The topological polar surface area (TPSA) is 114 Å². The number of hydrogen-bond donors (Lipinski definition) is 3. The number of aryl methyl sites for hydroxylation is 2. The third-order valence-electron chi connectivity index (χ3n) is 7.28. The second-order valence-corrected chi connectivity index (χ2v) is 10.5. The van der Waals surface area contributed by atoms with Crippen molar-refractivity contribution in [3.05, 3.63) is 29.3 Å². The number of nitrogens with one attached hydrogen (secondary N) is 3. The molecule has 1 aromatic carbocycles. The van der Waals surface area contributed by atoms with Gasteiger partial charge in [0.2, 0.25) is 17.7 Å². The number of carbonyl (C=O) groups excluding carboxylic acids is 4. The third-order valence-corrected chi connectivity index (χ3v) is 7.28. The molecular formula is C26H38N6O4. The van der Waals surface area contributed by atoms with E-state index in [1.807, 2.05) is 52.8 Å². The minimum atomic E-state index is -0.660. The average Bonchev–Trinajstić information content (AvgIpc) is 3.13. The summed E-state index contributed by atoms with van der Waals surface area (Å²) >= 11 is 0. The van der Waals surface area contributed by atoms with Gasteiger partial charge in [-0.1, -0.05) is 24.6 Å². The molecule has 2 aliphatic heterocycles. The second-order valence-electron chi connectivity index (χ2n) is 10.5. The molecule has 0 spiro atoms. The van der Waals surface area contributed by atoms with Crippen LogP contribution in [0.5, 0.6) is 0 Å². The standard InChI is InChI=1S/C26H38N6O4/c1-6-11-30-24(35)19-9-8-18(23(34)27-15(2)3)13-21(19)32-25(30)29-31(26(32)36)14-22(33)28-20-10-7-16(4)12-17(20)5/h7,10,12,15,18-19,21,25,29H,6,8-9,11,13-14H2,1-5H3,(H,27,34)(H,28,33). The van der Waals surface area contributed by atoms with E-state index >= 15 is 0 Å². The first-order chi connectivity index (χ1) is 17.1. The van der Waals surface area contributed by atoms with Gasteiger partial charge in [0.25, 0.3) is 0 Å². The van der Waals surface area contributed by atoms with E-state index in [0.29, 0.717) is 31.5 Å². The average molecular weight is 499 g/mol. The van der Waals surface area contributed by atoms with E-state index in [1.165, 1.54) is 5.01 Å². The highest BCUT2D eigenvalue weighted by Gasteiger charge is 2.56. The Labute approximate surface area is 212 Å². The zero-order valence-corrected chi connectivity index (χ0v) is 21.8. The molecule has 4 atom stereocenters. The van der Waals surface area contributed by atoms with Gasteiger partial charge in [0.05, 0.1) is 5.92 Å². The van der Waals surface area contributed by atoms with E-state index in [2.05, 4.69) is 16.1 Å². The van der Waals surface area contributed by atoms with Crippen LogP contribution in [0.15, 0.2) is 18.2 Å². The number of carbonyl (C=O) groups is 4. The predicted octanol–water partition coefficient (Wildman–Crippen LogP) is 2.33. The minimum Gasteiger partial charge on any atom is -0.354 e. The van der Waals surface area contributed by atoms with Crippen molar-refractivity contribution in [2.24, 2.45) is 11.8 Å². The predicted molar refractivity (Wildman–Crippen MR) is 135 cm³/mol. The molecule has 3 fully saturated rings. The summed E-state index contributed by atoms with van der Waals surface area (Å²) in [5.41, 5.74) is 5.85. The summed E-state index contributed by atoms with van der Waals surface area (Å²) in [6.45, 7) is 10.0. The monoisotopic (exact) mass is 498 g/mol. The molecule has 0 aromatic heterocycles. The quantitative estimate of drug-likeness (QED) is 0.534. The first-order valence-corrected chi connectivity index (χ1v) is 12.9. The fraction of sp³-hybridized carbons (Fsp3) is 0.615. The van der Waals surface area contributed by atoms with Gasteiger partial charge in [-0.15, -0.1) is 0 Å². The Morgan fingerprint density at radius 1 is 1.17 bits per heavy atom. The molecule has 5 amide bonds. The maximum absolute atomic E-state index is 13.6.